The van der Waals surface area contributed by atoms with Crippen LogP contribution in [-0.4, -0.2) is 22.2 Å². The predicted molar refractivity (Wildman–Crippen MR) is 103 cm³/mol. The van der Waals surface area contributed by atoms with Gasteiger partial charge in [-0.05, 0) is 19.3 Å². The van der Waals surface area contributed by atoms with Gasteiger partial charge in [0.25, 0.3) is 0 Å². The fraction of sp³-hybridized carbons (Fsp3) is 0.900. The molecule has 0 aromatic carbocycles. The summed E-state index contributed by atoms with van der Waals surface area (Å²) < 4.78 is 0. The molecule has 0 rings (SSSR count). The number of hydrogen-bond donors (Lipinski definition) is 3. The van der Waals surface area contributed by atoms with Gasteiger partial charge in [-0.3, -0.25) is 9.59 Å². The Morgan fingerprint density at radius 1 is 0.680 bits per heavy atom. The smallest absolute Gasteiger partial charge is 0.306 e. The monoisotopic (exact) mass is 359 g/mol. The molecule has 0 bridgehead atoms. The van der Waals surface area contributed by atoms with Crippen LogP contribution in [0.5, 0.6) is 0 Å². The van der Waals surface area contributed by atoms with Crippen molar-refractivity contribution in [1.29, 1.82) is 0 Å². The molecule has 0 saturated carbocycles. The first-order valence-electron chi connectivity index (χ1n) is 10.0. The van der Waals surface area contributed by atoms with Gasteiger partial charge in [0.05, 0.1) is 5.92 Å². The van der Waals surface area contributed by atoms with Crippen molar-refractivity contribution in [2.75, 3.05) is 0 Å². The van der Waals surface area contributed by atoms with Crippen LogP contribution in [0.15, 0.2) is 0 Å². The van der Waals surface area contributed by atoms with E-state index < -0.39 is 11.9 Å². The minimum Gasteiger partial charge on any atom is -0.481 e. The molecule has 0 spiro atoms. The molecular formula is C20H41NO4. The highest BCUT2D eigenvalue weighted by molar-refractivity contribution is 5.69. The molecule has 5 N–H and O–H groups in total. The number of carboxylic acids is 2. The minimum atomic E-state index is -0.694. The van der Waals surface area contributed by atoms with Gasteiger partial charge in [-0.1, -0.05) is 84.0 Å². The zero-order valence-electron chi connectivity index (χ0n) is 16.3. The summed E-state index contributed by atoms with van der Waals surface area (Å²) >= 11 is 0. The Hall–Kier alpha value is -1.10. The first-order valence-corrected chi connectivity index (χ1v) is 10.0. The zero-order chi connectivity index (χ0) is 18.0. The molecule has 0 saturated heterocycles. The molecule has 0 aliphatic carbocycles. The average molecular weight is 360 g/mol. The lowest BCUT2D eigenvalue weighted by Crippen LogP contribution is -2.13. The van der Waals surface area contributed by atoms with Crippen LogP contribution >= 0.6 is 0 Å². The maximum absolute atomic E-state index is 11.3. The molecule has 1 unspecified atom stereocenters. The third-order valence-electron chi connectivity index (χ3n) is 4.70. The van der Waals surface area contributed by atoms with Crippen molar-refractivity contribution < 1.29 is 19.8 Å². The largest absolute Gasteiger partial charge is 0.481 e. The summed E-state index contributed by atoms with van der Waals surface area (Å²) in [7, 11) is 0. The maximum Gasteiger partial charge on any atom is 0.306 e. The predicted octanol–water partition coefficient (Wildman–Crippen LogP) is 6.20. The highest BCUT2D eigenvalue weighted by Gasteiger charge is 2.16. The number of carboxylic acid groups (broad SMARTS) is 2. The molecule has 0 aromatic heterocycles. The maximum atomic E-state index is 11.3. The molecule has 5 nitrogen and oxygen atoms in total. The van der Waals surface area contributed by atoms with Crippen molar-refractivity contribution >= 4 is 11.9 Å². The number of rotatable bonds is 18. The van der Waals surface area contributed by atoms with E-state index in [0.29, 0.717) is 6.42 Å². The van der Waals surface area contributed by atoms with E-state index in [1.54, 1.807) is 0 Å². The Kier molecular flexibility index (Phi) is 20.1. The van der Waals surface area contributed by atoms with Crippen LogP contribution in [-0.2, 0) is 9.59 Å². The summed E-state index contributed by atoms with van der Waals surface area (Å²) in [5.74, 6) is -1.45. The van der Waals surface area contributed by atoms with Crippen LogP contribution in [0.2, 0.25) is 0 Å². The van der Waals surface area contributed by atoms with Gasteiger partial charge in [-0.25, -0.2) is 0 Å². The lowest BCUT2D eigenvalue weighted by Gasteiger charge is -2.12. The first-order chi connectivity index (χ1) is 11.6. The second-order valence-electron chi connectivity index (χ2n) is 7.00. The van der Waals surface area contributed by atoms with Crippen molar-refractivity contribution in [3.8, 4) is 0 Å². The van der Waals surface area contributed by atoms with Crippen LogP contribution in [0.1, 0.15) is 110 Å². The summed E-state index contributed by atoms with van der Waals surface area (Å²) in [6.45, 7) is 2.17. The SMILES string of the molecule is CCCCCCC(CCCCCCCCCCCC(=O)O)C(=O)O.N. The molecule has 0 heterocycles. The third-order valence-corrected chi connectivity index (χ3v) is 4.70. The zero-order valence-corrected chi connectivity index (χ0v) is 16.3. The average Bonchev–Trinajstić information content (AvgIpc) is 2.53. The van der Waals surface area contributed by atoms with Crippen LogP contribution in [0, 0.1) is 5.92 Å². The molecule has 0 aliphatic heterocycles. The number of aliphatic carboxylic acids is 2. The number of unbranched alkanes of at least 4 members (excludes halogenated alkanes) is 11. The van der Waals surface area contributed by atoms with E-state index in [-0.39, 0.29) is 12.1 Å². The van der Waals surface area contributed by atoms with Crippen LogP contribution in [0.4, 0.5) is 0 Å². The molecule has 5 heteroatoms. The Bertz CT molecular complexity index is 321. The molecule has 0 radical (unpaired) electrons. The van der Waals surface area contributed by atoms with E-state index in [1.807, 2.05) is 0 Å². The summed E-state index contributed by atoms with van der Waals surface area (Å²) in [5.41, 5.74) is 0. The highest BCUT2D eigenvalue weighted by atomic mass is 16.4. The van der Waals surface area contributed by atoms with Crippen molar-refractivity contribution in [3.05, 3.63) is 0 Å². The second kappa shape index (κ2) is 19.2. The highest BCUT2D eigenvalue weighted by Crippen LogP contribution is 2.19. The van der Waals surface area contributed by atoms with Gasteiger partial charge in [0.15, 0.2) is 0 Å². The third kappa shape index (κ3) is 19.1. The molecule has 1 atom stereocenters. The summed E-state index contributed by atoms with van der Waals surface area (Å²) in [4.78, 5) is 21.6. The fourth-order valence-electron chi connectivity index (χ4n) is 3.11. The van der Waals surface area contributed by atoms with Gasteiger partial charge in [0.1, 0.15) is 0 Å². The van der Waals surface area contributed by atoms with Crippen LogP contribution < -0.4 is 6.15 Å². The molecule has 0 aromatic rings. The van der Waals surface area contributed by atoms with Gasteiger partial charge < -0.3 is 16.4 Å². The van der Waals surface area contributed by atoms with E-state index in [2.05, 4.69) is 6.92 Å². The molecule has 0 amide bonds. The standard InChI is InChI=1S/C20H38O4.H3N/c1-2-3-4-12-15-18(20(23)24)16-13-10-8-6-5-7-9-11-14-17-19(21)22;/h18H,2-17H2,1H3,(H,21,22)(H,23,24);1H3. The Morgan fingerprint density at radius 3 is 1.48 bits per heavy atom. The van der Waals surface area contributed by atoms with E-state index in [9.17, 15) is 14.7 Å². The topological polar surface area (TPSA) is 110 Å². The quantitative estimate of drug-likeness (QED) is 0.252. The Morgan fingerprint density at radius 2 is 1.08 bits per heavy atom. The van der Waals surface area contributed by atoms with E-state index >= 15 is 0 Å². The molecule has 25 heavy (non-hydrogen) atoms. The van der Waals surface area contributed by atoms with Crippen LogP contribution in [0.25, 0.3) is 0 Å². The Balaban J connectivity index is 0. The van der Waals surface area contributed by atoms with Gasteiger partial charge >= 0.3 is 11.9 Å². The van der Waals surface area contributed by atoms with Gasteiger partial charge in [0.2, 0.25) is 0 Å². The van der Waals surface area contributed by atoms with Crippen LogP contribution in [0.3, 0.4) is 0 Å². The molecule has 0 aliphatic rings. The lowest BCUT2D eigenvalue weighted by molar-refractivity contribution is -0.142. The fourth-order valence-corrected chi connectivity index (χ4v) is 3.11. The van der Waals surface area contributed by atoms with Gasteiger partial charge in [-0.15, -0.1) is 0 Å². The molecule has 0 fully saturated rings. The first kappa shape index (κ1) is 26.1. The van der Waals surface area contributed by atoms with Crippen molar-refractivity contribution in [2.24, 2.45) is 5.92 Å². The van der Waals surface area contributed by atoms with Crippen molar-refractivity contribution in [2.45, 2.75) is 110 Å². The molecular weight excluding hydrogens is 318 g/mol. The lowest BCUT2D eigenvalue weighted by atomic mass is 9.94. The van der Waals surface area contributed by atoms with Gasteiger partial charge in [0, 0.05) is 6.42 Å². The number of carbonyl (C=O) groups is 2. The summed E-state index contributed by atoms with van der Waals surface area (Å²) in [5, 5.41) is 17.8. The van der Waals surface area contributed by atoms with Crippen molar-refractivity contribution in [3.63, 3.8) is 0 Å². The van der Waals surface area contributed by atoms with Crippen molar-refractivity contribution in [1.82, 2.24) is 6.15 Å². The van der Waals surface area contributed by atoms with Gasteiger partial charge in [-0.2, -0.15) is 0 Å². The second-order valence-corrected chi connectivity index (χ2v) is 7.00. The van der Waals surface area contributed by atoms with E-state index in [0.717, 1.165) is 57.8 Å². The summed E-state index contributed by atoms with van der Waals surface area (Å²) in [6, 6.07) is 0. The van der Waals surface area contributed by atoms with E-state index in [1.165, 1.54) is 38.5 Å². The minimum absolute atomic E-state index is 0. The normalized spacial score (nSPS) is 11.7. The van der Waals surface area contributed by atoms with E-state index in [4.69, 9.17) is 5.11 Å². The summed E-state index contributed by atoms with van der Waals surface area (Å²) in [6.07, 6.45) is 16.5. The molecule has 150 valence electrons. The Labute approximate surface area is 154 Å². The number of hydrogen-bond acceptors (Lipinski definition) is 3.